The van der Waals surface area contributed by atoms with E-state index in [4.69, 9.17) is 4.74 Å². The topological polar surface area (TPSA) is 95.9 Å². The second-order valence-corrected chi connectivity index (χ2v) is 19.0. The number of carbonyl (C=O) groups excluding carboxylic acids is 2. The summed E-state index contributed by atoms with van der Waals surface area (Å²) in [5, 5.41) is 23.8. The highest BCUT2D eigenvalue weighted by atomic mass is 16.5. The van der Waals surface area contributed by atoms with Gasteiger partial charge in [-0.3, -0.25) is 9.59 Å². The van der Waals surface area contributed by atoms with E-state index >= 15 is 0 Å². The first-order chi connectivity index (χ1) is 29.5. The summed E-state index contributed by atoms with van der Waals surface area (Å²) in [6.07, 6.45) is 53.1. The van der Waals surface area contributed by atoms with Gasteiger partial charge >= 0.3 is 5.97 Å². The quantitative estimate of drug-likeness (QED) is 0.0419. The predicted octanol–water partition coefficient (Wildman–Crippen LogP) is 16.4. The summed E-state index contributed by atoms with van der Waals surface area (Å²) in [6.45, 7) is 6.51. The van der Waals surface area contributed by atoms with E-state index in [0.717, 1.165) is 38.5 Å². The Morgan fingerprint density at radius 2 is 0.700 bits per heavy atom. The second-order valence-electron chi connectivity index (χ2n) is 19.0. The lowest BCUT2D eigenvalue weighted by Crippen LogP contribution is -2.46. The molecule has 0 heterocycles. The third kappa shape index (κ3) is 43.5. The molecule has 0 rings (SSSR count). The minimum Gasteiger partial charge on any atom is -0.462 e. The number of hydrogen-bond acceptors (Lipinski definition) is 5. The van der Waals surface area contributed by atoms with Crippen LogP contribution in [0.15, 0.2) is 0 Å². The van der Waals surface area contributed by atoms with Crippen molar-refractivity contribution in [1.29, 1.82) is 0 Å². The van der Waals surface area contributed by atoms with Gasteiger partial charge in [0.25, 0.3) is 0 Å². The van der Waals surface area contributed by atoms with Gasteiger partial charge in [0.05, 0.1) is 25.2 Å². The Kier molecular flexibility index (Phi) is 48.0. The monoisotopic (exact) mass is 850 g/mol. The van der Waals surface area contributed by atoms with Crippen molar-refractivity contribution in [1.82, 2.24) is 5.32 Å². The first kappa shape index (κ1) is 58.9. The molecular weight excluding hydrogens is 743 g/mol. The summed E-state index contributed by atoms with van der Waals surface area (Å²) in [6, 6.07) is -0.691. The van der Waals surface area contributed by atoms with Crippen molar-refractivity contribution < 1.29 is 24.5 Å². The lowest BCUT2D eigenvalue weighted by molar-refractivity contribution is -0.151. The van der Waals surface area contributed by atoms with E-state index in [1.807, 2.05) is 0 Å². The molecule has 0 aromatic heterocycles. The number of unbranched alkanes of at least 4 members (excludes halogenated alkanes) is 38. The maximum atomic E-state index is 13.2. The van der Waals surface area contributed by atoms with Crippen LogP contribution in [-0.2, 0) is 14.3 Å². The molecule has 0 aromatic rings. The van der Waals surface area contributed by atoms with Crippen molar-refractivity contribution in [3.8, 4) is 0 Å². The number of amides is 1. The Labute approximate surface area is 375 Å². The number of aliphatic hydroxyl groups is 2. The van der Waals surface area contributed by atoms with E-state index in [2.05, 4.69) is 26.1 Å². The predicted molar refractivity (Wildman–Crippen MR) is 260 cm³/mol. The van der Waals surface area contributed by atoms with Gasteiger partial charge in [-0.1, -0.05) is 271 Å². The van der Waals surface area contributed by atoms with E-state index in [-0.39, 0.29) is 24.9 Å². The fourth-order valence-corrected chi connectivity index (χ4v) is 8.79. The molecule has 3 N–H and O–H groups in total. The summed E-state index contributed by atoms with van der Waals surface area (Å²) in [4.78, 5) is 26.2. The number of nitrogens with one attached hydrogen (secondary N) is 1. The minimum atomic E-state index is -0.778. The minimum absolute atomic E-state index is 0.0880. The van der Waals surface area contributed by atoms with Gasteiger partial charge in [0, 0.05) is 6.42 Å². The van der Waals surface area contributed by atoms with E-state index < -0.39 is 18.2 Å². The van der Waals surface area contributed by atoms with Crippen LogP contribution >= 0.6 is 0 Å². The van der Waals surface area contributed by atoms with Crippen molar-refractivity contribution in [2.75, 3.05) is 6.61 Å². The van der Waals surface area contributed by atoms with Gasteiger partial charge in [-0.05, 0) is 25.7 Å². The molecule has 0 bridgehead atoms. The van der Waals surface area contributed by atoms with Gasteiger partial charge in [-0.15, -0.1) is 0 Å². The smallest absolute Gasteiger partial charge is 0.306 e. The van der Waals surface area contributed by atoms with Crippen LogP contribution in [-0.4, -0.2) is 46.9 Å². The molecule has 6 heteroatoms. The highest BCUT2D eigenvalue weighted by Crippen LogP contribution is 2.19. The van der Waals surface area contributed by atoms with Crippen LogP contribution in [0.4, 0.5) is 0 Å². The SMILES string of the molecule is CCCCCCCCCCCCCCCCCCCC(=O)OC(CCCCCCCCCCCCCCC)CC(=O)NC(CO)C(O)CCCCCCCCCCCCC. The summed E-state index contributed by atoms with van der Waals surface area (Å²) < 4.78 is 5.95. The Morgan fingerprint density at radius 3 is 1.02 bits per heavy atom. The van der Waals surface area contributed by atoms with Gasteiger partial charge in [0.15, 0.2) is 0 Å². The molecule has 0 aliphatic heterocycles. The molecule has 0 fully saturated rings. The fraction of sp³-hybridized carbons (Fsp3) is 0.963. The van der Waals surface area contributed by atoms with E-state index in [1.54, 1.807) is 0 Å². The fourth-order valence-electron chi connectivity index (χ4n) is 8.79. The summed E-state index contributed by atoms with van der Waals surface area (Å²) in [5.41, 5.74) is 0. The summed E-state index contributed by atoms with van der Waals surface area (Å²) in [5.74, 6) is -0.448. The molecule has 0 spiro atoms. The number of hydrogen-bond donors (Lipinski definition) is 3. The van der Waals surface area contributed by atoms with Crippen molar-refractivity contribution in [2.24, 2.45) is 0 Å². The van der Waals surface area contributed by atoms with E-state index in [9.17, 15) is 19.8 Å². The van der Waals surface area contributed by atoms with Gasteiger partial charge in [0.2, 0.25) is 5.91 Å². The Hall–Kier alpha value is -1.14. The molecule has 0 saturated carbocycles. The van der Waals surface area contributed by atoms with E-state index in [1.165, 1.54) is 225 Å². The van der Waals surface area contributed by atoms with Crippen molar-refractivity contribution in [3.05, 3.63) is 0 Å². The zero-order chi connectivity index (χ0) is 43.8. The molecule has 0 aromatic carbocycles. The largest absolute Gasteiger partial charge is 0.462 e. The molecule has 3 atom stereocenters. The van der Waals surface area contributed by atoms with E-state index in [0.29, 0.717) is 19.3 Å². The molecular formula is C54H107NO5. The van der Waals surface area contributed by atoms with Crippen molar-refractivity contribution >= 4 is 11.9 Å². The Morgan fingerprint density at radius 1 is 0.417 bits per heavy atom. The molecule has 3 unspecified atom stereocenters. The molecule has 0 aliphatic carbocycles. The molecule has 0 saturated heterocycles. The van der Waals surface area contributed by atoms with Crippen LogP contribution in [0.1, 0.15) is 310 Å². The van der Waals surface area contributed by atoms with Crippen LogP contribution in [0.5, 0.6) is 0 Å². The average molecular weight is 850 g/mol. The van der Waals surface area contributed by atoms with Crippen LogP contribution < -0.4 is 5.32 Å². The van der Waals surface area contributed by atoms with Gasteiger partial charge in [0.1, 0.15) is 6.10 Å². The molecule has 0 radical (unpaired) electrons. The number of esters is 1. The van der Waals surface area contributed by atoms with Crippen LogP contribution in [0.3, 0.4) is 0 Å². The molecule has 6 nitrogen and oxygen atoms in total. The zero-order valence-corrected chi connectivity index (χ0v) is 40.9. The standard InChI is InChI=1S/C54H107NO5/c1-4-7-10-13-16-19-22-24-25-26-27-29-32-35-38-41-44-47-54(59)60-50(45-42-39-36-33-31-28-23-20-17-14-11-8-5-2)48-53(58)55-51(49-56)52(57)46-43-40-37-34-30-21-18-15-12-9-6-3/h50-52,56-57H,4-49H2,1-3H3,(H,55,58). The highest BCUT2D eigenvalue weighted by Gasteiger charge is 2.24. The van der Waals surface area contributed by atoms with Gasteiger partial charge in [-0.25, -0.2) is 0 Å². The lowest BCUT2D eigenvalue weighted by atomic mass is 10.0. The van der Waals surface area contributed by atoms with Crippen LogP contribution in [0.25, 0.3) is 0 Å². The first-order valence-electron chi connectivity index (χ1n) is 27.3. The first-order valence-corrected chi connectivity index (χ1v) is 27.3. The molecule has 60 heavy (non-hydrogen) atoms. The number of rotatable bonds is 50. The number of carbonyl (C=O) groups is 2. The average Bonchev–Trinajstić information content (AvgIpc) is 3.24. The molecule has 0 aliphatic rings. The zero-order valence-electron chi connectivity index (χ0n) is 40.9. The van der Waals surface area contributed by atoms with Crippen molar-refractivity contribution in [2.45, 2.75) is 328 Å². The Bertz CT molecular complexity index is 867. The van der Waals surface area contributed by atoms with Crippen LogP contribution in [0, 0.1) is 0 Å². The summed E-state index contributed by atoms with van der Waals surface area (Å²) in [7, 11) is 0. The van der Waals surface area contributed by atoms with Gasteiger partial charge < -0.3 is 20.3 Å². The number of ether oxygens (including phenoxy) is 1. The third-order valence-corrected chi connectivity index (χ3v) is 12.9. The highest BCUT2D eigenvalue weighted by molar-refractivity contribution is 5.77. The lowest BCUT2D eigenvalue weighted by Gasteiger charge is -2.24. The number of aliphatic hydroxyl groups excluding tert-OH is 2. The Balaban J connectivity index is 4.47. The van der Waals surface area contributed by atoms with Gasteiger partial charge in [-0.2, -0.15) is 0 Å². The maximum Gasteiger partial charge on any atom is 0.306 e. The van der Waals surface area contributed by atoms with Crippen molar-refractivity contribution in [3.63, 3.8) is 0 Å². The van der Waals surface area contributed by atoms with Crippen LogP contribution in [0.2, 0.25) is 0 Å². The molecule has 358 valence electrons. The normalized spacial score (nSPS) is 13.1. The summed E-state index contributed by atoms with van der Waals surface area (Å²) >= 11 is 0. The molecule has 1 amide bonds. The second kappa shape index (κ2) is 48.9. The maximum absolute atomic E-state index is 13.2. The third-order valence-electron chi connectivity index (χ3n) is 12.9.